The number of hydrogen-bond donors (Lipinski definition) is 1. The number of aryl methyl sites for hydroxylation is 1. The van der Waals surface area contributed by atoms with Crippen LogP contribution in [0.5, 0.6) is 0 Å². The summed E-state index contributed by atoms with van der Waals surface area (Å²) in [5.74, 6) is -1.65. The fourth-order valence-electron chi connectivity index (χ4n) is 4.20. The van der Waals surface area contributed by atoms with Crippen molar-refractivity contribution in [3.05, 3.63) is 58.9 Å². The Morgan fingerprint density at radius 3 is 2.31 bits per heavy atom. The zero-order valence-electron chi connectivity index (χ0n) is 17.9. The molecule has 2 aliphatic heterocycles. The van der Waals surface area contributed by atoms with E-state index in [2.05, 4.69) is 5.32 Å². The van der Waals surface area contributed by atoms with E-state index < -0.39 is 26.6 Å². The Balaban J connectivity index is 1.63. The summed E-state index contributed by atoms with van der Waals surface area (Å²) in [6.07, 6.45) is 3.34. The second-order valence-corrected chi connectivity index (χ2v) is 10.1. The summed E-state index contributed by atoms with van der Waals surface area (Å²) >= 11 is 0. The van der Waals surface area contributed by atoms with E-state index in [1.165, 1.54) is 10.4 Å². The summed E-state index contributed by atoms with van der Waals surface area (Å²) in [7, 11) is -4.02. The van der Waals surface area contributed by atoms with Gasteiger partial charge in [-0.25, -0.2) is 12.8 Å². The van der Waals surface area contributed by atoms with E-state index >= 15 is 0 Å². The number of rotatable bonds is 5. The van der Waals surface area contributed by atoms with E-state index in [1.807, 2.05) is 0 Å². The van der Waals surface area contributed by atoms with Crippen LogP contribution in [0, 0.1) is 12.7 Å². The number of amides is 2. The molecule has 0 aliphatic carbocycles. The lowest BCUT2D eigenvalue weighted by atomic mass is 10.1. The third-order valence-electron chi connectivity index (χ3n) is 6.01. The molecule has 2 fully saturated rings. The molecular weight excluding hydrogens is 433 g/mol. The molecule has 0 aromatic heterocycles. The minimum atomic E-state index is -4.02. The predicted molar refractivity (Wildman–Crippen MR) is 119 cm³/mol. The first-order chi connectivity index (χ1) is 15.3. The van der Waals surface area contributed by atoms with Gasteiger partial charge < -0.3 is 10.2 Å². The fraction of sp³-hybridized carbons (Fsp3) is 0.391. The second-order valence-electron chi connectivity index (χ2n) is 8.21. The maximum Gasteiger partial charge on any atom is 0.255 e. The largest absolute Gasteiger partial charge is 0.339 e. The average molecular weight is 460 g/mol. The van der Waals surface area contributed by atoms with Gasteiger partial charge in [-0.15, -0.1) is 0 Å². The zero-order chi connectivity index (χ0) is 22.9. The van der Waals surface area contributed by atoms with Gasteiger partial charge >= 0.3 is 0 Å². The Morgan fingerprint density at radius 2 is 1.62 bits per heavy atom. The molecule has 1 N–H and O–H groups in total. The van der Waals surface area contributed by atoms with Gasteiger partial charge in [0.25, 0.3) is 11.8 Å². The van der Waals surface area contributed by atoms with Gasteiger partial charge in [0.1, 0.15) is 10.7 Å². The number of anilines is 1. The number of nitrogens with one attached hydrogen (secondary N) is 1. The number of hydrogen-bond acceptors (Lipinski definition) is 4. The first kappa shape index (κ1) is 22.4. The van der Waals surface area contributed by atoms with E-state index in [9.17, 15) is 22.4 Å². The minimum absolute atomic E-state index is 0.00648. The van der Waals surface area contributed by atoms with Crippen LogP contribution in [-0.4, -0.2) is 55.6 Å². The van der Waals surface area contributed by atoms with Gasteiger partial charge in [-0.05, 0) is 62.4 Å². The minimum Gasteiger partial charge on any atom is -0.339 e. The maximum atomic E-state index is 14.4. The quantitative estimate of drug-likeness (QED) is 0.743. The molecule has 2 heterocycles. The molecule has 7 nitrogen and oxygen atoms in total. The number of carbonyl (C=O) groups excluding carboxylic acids is 2. The molecule has 0 unspecified atom stereocenters. The summed E-state index contributed by atoms with van der Waals surface area (Å²) in [6.45, 7) is 3.81. The summed E-state index contributed by atoms with van der Waals surface area (Å²) in [5, 5.41) is 2.75. The van der Waals surface area contributed by atoms with Crippen LogP contribution in [0.1, 0.15) is 52.0 Å². The van der Waals surface area contributed by atoms with Crippen LogP contribution in [0.3, 0.4) is 0 Å². The van der Waals surface area contributed by atoms with Gasteiger partial charge in [0.05, 0.1) is 11.3 Å². The Kier molecular flexibility index (Phi) is 6.30. The SMILES string of the molecule is Cc1cccc(C(=O)N2CCCC2)c1NC(=O)c1ccc(F)c(S(=O)(=O)N2CCCC2)c1. The van der Waals surface area contributed by atoms with Gasteiger partial charge in [-0.3, -0.25) is 9.59 Å². The third-order valence-corrected chi connectivity index (χ3v) is 7.92. The number of carbonyl (C=O) groups is 2. The van der Waals surface area contributed by atoms with Crippen molar-refractivity contribution in [3.8, 4) is 0 Å². The van der Waals surface area contributed by atoms with Crippen LogP contribution in [0.2, 0.25) is 0 Å². The van der Waals surface area contributed by atoms with Crippen molar-refractivity contribution in [1.82, 2.24) is 9.21 Å². The molecular formula is C23H26FN3O4S. The Hall–Kier alpha value is -2.78. The zero-order valence-corrected chi connectivity index (χ0v) is 18.8. The van der Waals surface area contributed by atoms with Crippen LogP contribution in [0.15, 0.2) is 41.3 Å². The number of likely N-dealkylation sites (tertiary alicyclic amines) is 1. The highest BCUT2D eigenvalue weighted by molar-refractivity contribution is 7.89. The molecule has 0 radical (unpaired) electrons. The van der Waals surface area contributed by atoms with Crippen molar-refractivity contribution in [2.24, 2.45) is 0 Å². The molecule has 9 heteroatoms. The topological polar surface area (TPSA) is 86.8 Å². The summed E-state index contributed by atoms with van der Waals surface area (Å²) in [5.41, 5.74) is 1.47. The lowest BCUT2D eigenvalue weighted by Crippen LogP contribution is -2.29. The first-order valence-electron chi connectivity index (χ1n) is 10.8. The Bertz CT molecular complexity index is 1150. The maximum absolute atomic E-state index is 14.4. The highest BCUT2D eigenvalue weighted by Crippen LogP contribution is 2.27. The van der Waals surface area contributed by atoms with E-state index in [1.54, 1.807) is 30.0 Å². The number of benzene rings is 2. The van der Waals surface area contributed by atoms with Crippen LogP contribution in [0.25, 0.3) is 0 Å². The van der Waals surface area contributed by atoms with Crippen molar-refractivity contribution in [1.29, 1.82) is 0 Å². The van der Waals surface area contributed by atoms with Crippen molar-refractivity contribution in [2.45, 2.75) is 37.5 Å². The monoisotopic (exact) mass is 459 g/mol. The van der Waals surface area contributed by atoms with E-state index in [0.717, 1.165) is 37.8 Å². The number of nitrogens with zero attached hydrogens (tertiary/aromatic N) is 2. The standard InChI is InChI=1S/C23H26FN3O4S/c1-16-7-6-8-18(23(29)26-11-2-3-12-26)21(16)25-22(28)17-9-10-19(24)20(15-17)32(30,31)27-13-4-5-14-27/h6-10,15H,2-5,11-14H2,1H3,(H,25,28). The van der Waals surface area contributed by atoms with E-state index in [-0.39, 0.29) is 11.5 Å². The normalized spacial score (nSPS) is 17.0. The highest BCUT2D eigenvalue weighted by Gasteiger charge is 2.31. The molecule has 0 bridgehead atoms. The fourth-order valence-corrected chi connectivity index (χ4v) is 5.81. The van der Waals surface area contributed by atoms with Crippen LogP contribution in [0.4, 0.5) is 10.1 Å². The molecule has 4 rings (SSSR count). The van der Waals surface area contributed by atoms with E-state index in [0.29, 0.717) is 43.0 Å². The third kappa shape index (κ3) is 4.27. The van der Waals surface area contributed by atoms with Crippen LogP contribution < -0.4 is 5.32 Å². The molecule has 2 amide bonds. The molecule has 2 aliphatic rings. The summed E-state index contributed by atoms with van der Waals surface area (Å²) < 4.78 is 41.3. The molecule has 2 aromatic rings. The Morgan fingerprint density at radius 1 is 0.969 bits per heavy atom. The van der Waals surface area contributed by atoms with Crippen molar-refractivity contribution in [3.63, 3.8) is 0 Å². The van der Waals surface area contributed by atoms with Gasteiger partial charge in [0.15, 0.2) is 0 Å². The Labute approximate surface area is 187 Å². The molecule has 0 saturated carbocycles. The summed E-state index contributed by atoms with van der Waals surface area (Å²) in [4.78, 5) is 27.2. The lowest BCUT2D eigenvalue weighted by Gasteiger charge is -2.20. The molecule has 170 valence electrons. The molecule has 2 saturated heterocycles. The van der Waals surface area contributed by atoms with Crippen molar-refractivity contribution < 1.29 is 22.4 Å². The average Bonchev–Trinajstić information content (AvgIpc) is 3.49. The predicted octanol–water partition coefficient (Wildman–Crippen LogP) is 3.41. The molecule has 2 aromatic carbocycles. The van der Waals surface area contributed by atoms with E-state index in [4.69, 9.17) is 0 Å². The number of halogens is 1. The van der Waals surface area contributed by atoms with Gasteiger partial charge in [0, 0.05) is 31.7 Å². The van der Waals surface area contributed by atoms with Gasteiger partial charge in [0.2, 0.25) is 10.0 Å². The van der Waals surface area contributed by atoms with Gasteiger partial charge in [-0.2, -0.15) is 4.31 Å². The van der Waals surface area contributed by atoms with Crippen molar-refractivity contribution in [2.75, 3.05) is 31.5 Å². The lowest BCUT2D eigenvalue weighted by molar-refractivity contribution is 0.0793. The van der Waals surface area contributed by atoms with Crippen LogP contribution in [-0.2, 0) is 10.0 Å². The summed E-state index contributed by atoms with van der Waals surface area (Å²) in [6, 6.07) is 8.51. The number of sulfonamides is 1. The van der Waals surface area contributed by atoms with Crippen LogP contribution >= 0.6 is 0 Å². The van der Waals surface area contributed by atoms with Gasteiger partial charge in [-0.1, -0.05) is 12.1 Å². The number of para-hydroxylation sites is 1. The van der Waals surface area contributed by atoms with Crippen molar-refractivity contribution >= 4 is 27.5 Å². The first-order valence-corrected chi connectivity index (χ1v) is 12.2. The molecule has 0 atom stereocenters. The second kappa shape index (κ2) is 8.99. The highest BCUT2D eigenvalue weighted by atomic mass is 32.2. The molecule has 32 heavy (non-hydrogen) atoms. The smallest absolute Gasteiger partial charge is 0.255 e. The molecule has 0 spiro atoms.